The molecule has 1 aromatic carbocycles. The number of carbonyl (C=O) groups excluding carboxylic acids is 3. The van der Waals surface area contributed by atoms with Crippen molar-refractivity contribution >= 4 is 45.2 Å². The average Bonchev–Trinajstić information content (AvgIpc) is 3.18. The second-order valence-corrected chi connectivity index (χ2v) is 9.94. The summed E-state index contributed by atoms with van der Waals surface area (Å²) in [6, 6.07) is 7.47. The number of rotatable bonds is 5. The molecule has 4 rings (SSSR count). The summed E-state index contributed by atoms with van der Waals surface area (Å²) in [6.07, 6.45) is 3.72. The molecule has 1 unspecified atom stereocenters. The quantitative estimate of drug-likeness (QED) is 0.505. The lowest BCUT2D eigenvalue weighted by Crippen LogP contribution is -2.38. The second-order valence-electron chi connectivity index (χ2n) is 8.38. The molecule has 184 valence electrons. The first kappa shape index (κ1) is 24.4. The minimum absolute atomic E-state index is 0.00928. The number of aliphatic imine (C=N–C) groups is 2. The van der Waals surface area contributed by atoms with Gasteiger partial charge in [0.1, 0.15) is 5.82 Å². The van der Waals surface area contributed by atoms with Gasteiger partial charge in [0, 0.05) is 18.3 Å². The third-order valence-corrected chi connectivity index (χ3v) is 6.68. The largest absolute Gasteiger partial charge is 0.347 e. The van der Waals surface area contributed by atoms with Crippen LogP contribution in [-0.4, -0.2) is 54.1 Å². The van der Waals surface area contributed by atoms with Crippen molar-refractivity contribution in [3.63, 3.8) is 0 Å². The van der Waals surface area contributed by atoms with Crippen molar-refractivity contribution in [2.75, 3.05) is 11.9 Å². The zero-order valence-electron chi connectivity index (χ0n) is 19.0. The molecule has 1 saturated carbocycles. The molecule has 1 aliphatic heterocycles. The maximum atomic E-state index is 12.5. The van der Waals surface area contributed by atoms with Crippen LogP contribution >= 0.6 is 0 Å². The summed E-state index contributed by atoms with van der Waals surface area (Å²) in [6.45, 7) is 1.85. The highest BCUT2D eigenvalue weighted by Gasteiger charge is 2.32. The fourth-order valence-corrected chi connectivity index (χ4v) is 4.50. The SMILES string of the molecule is Cc1cc(NC(=O)C(=O)NCCc2ccc(S(N)(=O)=O)cc2)n(C2=NC(=O)C3CCCCC3=N2)n1. The van der Waals surface area contributed by atoms with E-state index >= 15 is 0 Å². The van der Waals surface area contributed by atoms with Crippen molar-refractivity contribution < 1.29 is 22.8 Å². The van der Waals surface area contributed by atoms with Gasteiger partial charge in [0.25, 0.3) is 11.9 Å². The smallest absolute Gasteiger partial charge is 0.314 e. The standard InChI is InChI=1S/C22H25N7O5S/c1-13-12-18(29(28-13)22-25-17-5-3-2-4-16(17)19(30)27-22)26-21(32)20(31)24-11-10-14-6-8-15(9-7-14)35(23,33)34/h6-9,12,16H,2-5,10-11H2,1H3,(H,24,31)(H,26,32)(H2,23,33,34). The van der Waals surface area contributed by atoms with E-state index in [0.717, 1.165) is 30.5 Å². The van der Waals surface area contributed by atoms with E-state index in [9.17, 15) is 22.8 Å². The number of benzene rings is 1. The molecule has 2 aliphatic rings. The normalized spacial score (nSPS) is 17.8. The Morgan fingerprint density at radius 1 is 1.14 bits per heavy atom. The number of carbonyl (C=O) groups is 3. The van der Waals surface area contributed by atoms with E-state index in [1.165, 1.54) is 16.8 Å². The second kappa shape index (κ2) is 9.88. The molecule has 1 atom stereocenters. The molecule has 2 aromatic rings. The number of fused-ring (bicyclic) bond motifs is 1. The number of aromatic nitrogens is 2. The summed E-state index contributed by atoms with van der Waals surface area (Å²) < 4.78 is 23.9. The van der Waals surface area contributed by atoms with Gasteiger partial charge in [0.15, 0.2) is 0 Å². The summed E-state index contributed by atoms with van der Waals surface area (Å²) >= 11 is 0. The van der Waals surface area contributed by atoms with E-state index < -0.39 is 21.8 Å². The van der Waals surface area contributed by atoms with Crippen LogP contribution in [0.3, 0.4) is 0 Å². The molecule has 0 bridgehead atoms. The monoisotopic (exact) mass is 499 g/mol. The van der Waals surface area contributed by atoms with Crippen molar-refractivity contribution in [3.8, 4) is 0 Å². The summed E-state index contributed by atoms with van der Waals surface area (Å²) in [5.74, 6) is -2.10. The molecule has 0 spiro atoms. The fourth-order valence-electron chi connectivity index (χ4n) is 3.98. The molecule has 12 nitrogen and oxygen atoms in total. The van der Waals surface area contributed by atoms with Crippen LogP contribution in [0.2, 0.25) is 0 Å². The summed E-state index contributed by atoms with van der Waals surface area (Å²) in [5, 5.41) is 14.4. The number of nitrogens with zero attached hydrogens (tertiary/aromatic N) is 4. The molecule has 2 heterocycles. The van der Waals surface area contributed by atoms with Crippen LogP contribution in [0.1, 0.15) is 36.9 Å². The maximum absolute atomic E-state index is 12.5. The predicted octanol–water partition coefficient (Wildman–Crippen LogP) is 0.512. The minimum Gasteiger partial charge on any atom is -0.347 e. The number of sulfonamides is 1. The molecule has 1 fully saturated rings. The molecule has 13 heteroatoms. The van der Waals surface area contributed by atoms with Gasteiger partial charge >= 0.3 is 11.8 Å². The van der Waals surface area contributed by atoms with Gasteiger partial charge in [-0.2, -0.15) is 14.8 Å². The van der Waals surface area contributed by atoms with Gasteiger partial charge in [0.05, 0.1) is 16.5 Å². The maximum Gasteiger partial charge on any atom is 0.314 e. The van der Waals surface area contributed by atoms with E-state index in [1.54, 1.807) is 25.1 Å². The van der Waals surface area contributed by atoms with Crippen LogP contribution in [0, 0.1) is 12.8 Å². The van der Waals surface area contributed by atoms with Crippen molar-refractivity contribution in [1.29, 1.82) is 0 Å². The zero-order valence-corrected chi connectivity index (χ0v) is 19.8. The predicted molar refractivity (Wildman–Crippen MR) is 127 cm³/mol. The van der Waals surface area contributed by atoms with Crippen LogP contribution in [0.5, 0.6) is 0 Å². The molecule has 0 radical (unpaired) electrons. The number of hydrogen-bond donors (Lipinski definition) is 3. The van der Waals surface area contributed by atoms with Crippen molar-refractivity contribution in [3.05, 3.63) is 41.6 Å². The van der Waals surface area contributed by atoms with Gasteiger partial charge in [0.2, 0.25) is 10.0 Å². The third-order valence-electron chi connectivity index (χ3n) is 5.75. The first-order valence-corrected chi connectivity index (χ1v) is 12.6. The van der Waals surface area contributed by atoms with Gasteiger partial charge in [-0.15, -0.1) is 0 Å². The Kier molecular flexibility index (Phi) is 6.89. The lowest BCUT2D eigenvalue weighted by molar-refractivity contribution is -0.136. The van der Waals surface area contributed by atoms with Crippen molar-refractivity contribution in [2.45, 2.75) is 43.9 Å². The van der Waals surface area contributed by atoms with E-state index in [1.807, 2.05) is 0 Å². The summed E-state index contributed by atoms with van der Waals surface area (Å²) in [4.78, 5) is 45.8. The van der Waals surface area contributed by atoms with Gasteiger partial charge in [-0.1, -0.05) is 18.6 Å². The number of amides is 3. The topological polar surface area (TPSA) is 178 Å². The van der Waals surface area contributed by atoms with Gasteiger partial charge < -0.3 is 10.6 Å². The first-order valence-electron chi connectivity index (χ1n) is 11.1. The Labute approximate surface area is 201 Å². The van der Waals surface area contributed by atoms with E-state index in [-0.39, 0.29) is 35.0 Å². The number of aryl methyl sites for hydroxylation is 1. The zero-order chi connectivity index (χ0) is 25.2. The highest BCUT2D eigenvalue weighted by Crippen LogP contribution is 2.26. The number of nitrogens with two attached hydrogens (primary N) is 1. The van der Waals surface area contributed by atoms with Gasteiger partial charge in [-0.3, -0.25) is 14.4 Å². The molecular formula is C22H25N7O5S. The summed E-state index contributed by atoms with van der Waals surface area (Å²) in [5.41, 5.74) is 2.07. The van der Waals surface area contributed by atoms with E-state index in [2.05, 4.69) is 25.7 Å². The van der Waals surface area contributed by atoms with E-state index in [0.29, 0.717) is 18.5 Å². The molecule has 1 aromatic heterocycles. The Hall–Kier alpha value is -3.71. The van der Waals surface area contributed by atoms with Gasteiger partial charge in [-0.25, -0.2) is 18.5 Å². The number of hydrogen-bond acceptors (Lipinski definition) is 7. The Morgan fingerprint density at radius 2 is 1.89 bits per heavy atom. The third kappa shape index (κ3) is 5.69. The lowest BCUT2D eigenvalue weighted by atomic mass is 9.86. The molecule has 35 heavy (non-hydrogen) atoms. The van der Waals surface area contributed by atoms with Crippen LogP contribution in [0.15, 0.2) is 45.2 Å². The fraction of sp³-hybridized carbons (Fsp3) is 0.364. The Morgan fingerprint density at radius 3 is 2.60 bits per heavy atom. The van der Waals surface area contributed by atoms with Crippen LogP contribution < -0.4 is 15.8 Å². The number of anilines is 1. The summed E-state index contributed by atoms with van der Waals surface area (Å²) in [7, 11) is -3.78. The van der Waals surface area contributed by atoms with Gasteiger partial charge in [-0.05, 0) is 50.3 Å². The number of primary sulfonamides is 1. The average molecular weight is 500 g/mol. The van der Waals surface area contributed by atoms with Crippen LogP contribution in [-0.2, 0) is 30.8 Å². The van der Waals surface area contributed by atoms with Crippen LogP contribution in [0.4, 0.5) is 5.82 Å². The van der Waals surface area contributed by atoms with Crippen molar-refractivity contribution in [2.24, 2.45) is 21.0 Å². The van der Waals surface area contributed by atoms with E-state index in [4.69, 9.17) is 5.14 Å². The van der Waals surface area contributed by atoms with Crippen LogP contribution in [0.25, 0.3) is 0 Å². The number of nitrogens with one attached hydrogen (secondary N) is 2. The Balaban J connectivity index is 1.37. The highest BCUT2D eigenvalue weighted by atomic mass is 32.2. The molecule has 4 N–H and O–H groups in total. The minimum atomic E-state index is -3.78. The molecular weight excluding hydrogens is 474 g/mol. The first-order chi connectivity index (χ1) is 16.6. The lowest BCUT2D eigenvalue weighted by Gasteiger charge is -2.24. The Bertz CT molecular complexity index is 1340. The highest BCUT2D eigenvalue weighted by molar-refractivity contribution is 7.89. The molecule has 3 amide bonds. The van der Waals surface area contributed by atoms with Crippen molar-refractivity contribution in [1.82, 2.24) is 15.1 Å². The molecule has 1 aliphatic carbocycles. The molecule has 0 saturated heterocycles.